The van der Waals surface area contributed by atoms with Crippen molar-refractivity contribution in [2.24, 2.45) is 10.9 Å². The second kappa shape index (κ2) is 10.5. The van der Waals surface area contributed by atoms with Crippen LogP contribution in [0.25, 0.3) is 0 Å². The quantitative estimate of drug-likeness (QED) is 0.397. The second-order valence-corrected chi connectivity index (χ2v) is 7.76. The maximum atomic E-state index is 12.1. The normalized spacial score (nSPS) is 16.0. The van der Waals surface area contributed by atoms with Crippen molar-refractivity contribution in [2.75, 3.05) is 46.2 Å². The van der Waals surface area contributed by atoms with Crippen molar-refractivity contribution < 1.29 is 8.95 Å². The van der Waals surface area contributed by atoms with Gasteiger partial charge in [0.25, 0.3) is 0 Å². The molecule has 6 heteroatoms. The highest BCUT2D eigenvalue weighted by molar-refractivity contribution is 7.84. The molecule has 0 spiro atoms. The Morgan fingerprint density at radius 2 is 2.12 bits per heavy atom. The molecule has 5 nitrogen and oxygen atoms in total. The average molecular weight is 352 g/mol. The molecular weight excluding hydrogens is 322 g/mol. The summed E-state index contributed by atoms with van der Waals surface area (Å²) in [6.45, 7) is 3.06. The third kappa shape index (κ3) is 7.45. The van der Waals surface area contributed by atoms with Crippen LogP contribution in [0.1, 0.15) is 18.4 Å². The first-order chi connectivity index (χ1) is 11.7. The number of rotatable bonds is 10. The molecule has 2 rings (SSSR count). The van der Waals surface area contributed by atoms with Crippen LogP contribution in [0.15, 0.2) is 35.3 Å². The van der Waals surface area contributed by atoms with Crippen molar-refractivity contribution in [3.63, 3.8) is 0 Å². The van der Waals surface area contributed by atoms with Gasteiger partial charge < -0.3 is 15.0 Å². The van der Waals surface area contributed by atoms with Crippen LogP contribution in [0.2, 0.25) is 0 Å². The highest BCUT2D eigenvalue weighted by Gasteiger charge is 2.21. The molecule has 1 saturated carbocycles. The molecule has 1 fully saturated rings. The van der Waals surface area contributed by atoms with E-state index in [2.05, 4.69) is 10.3 Å². The summed E-state index contributed by atoms with van der Waals surface area (Å²) in [4.78, 5) is 6.32. The maximum Gasteiger partial charge on any atom is 0.193 e. The van der Waals surface area contributed by atoms with Crippen molar-refractivity contribution in [1.82, 2.24) is 10.2 Å². The lowest BCUT2D eigenvalue weighted by molar-refractivity contribution is 0.115. The summed E-state index contributed by atoms with van der Waals surface area (Å²) < 4.78 is 17.8. The molecule has 0 aromatic heterocycles. The number of hydrogen-bond acceptors (Lipinski definition) is 3. The summed E-state index contributed by atoms with van der Waals surface area (Å²) in [6.07, 6.45) is 2.64. The third-order valence-corrected chi connectivity index (χ3v) is 5.29. The number of benzene rings is 1. The number of ether oxygens (including phenoxy) is 1. The highest BCUT2D eigenvalue weighted by atomic mass is 32.2. The van der Waals surface area contributed by atoms with Crippen molar-refractivity contribution in [3.05, 3.63) is 35.9 Å². The average Bonchev–Trinajstić information content (AvgIpc) is 3.40. The zero-order valence-corrected chi connectivity index (χ0v) is 15.6. The zero-order valence-electron chi connectivity index (χ0n) is 14.7. The summed E-state index contributed by atoms with van der Waals surface area (Å²) >= 11 is 0. The van der Waals surface area contributed by atoms with E-state index in [1.54, 1.807) is 7.05 Å². The lowest BCUT2D eigenvalue weighted by atomic mass is 10.2. The van der Waals surface area contributed by atoms with E-state index in [1.165, 1.54) is 12.8 Å². The Labute approximate surface area is 147 Å². The lowest BCUT2D eigenvalue weighted by Gasteiger charge is -2.22. The lowest BCUT2D eigenvalue weighted by Crippen LogP contribution is -2.42. The number of hydrogen-bond donors (Lipinski definition) is 1. The number of guanidine groups is 1. The molecule has 24 heavy (non-hydrogen) atoms. The van der Waals surface area contributed by atoms with Crippen LogP contribution in [0, 0.1) is 5.92 Å². The van der Waals surface area contributed by atoms with Crippen molar-refractivity contribution in [3.8, 4) is 0 Å². The maximum absolute atomic E-state index is 12.1. The van der Waals surface area contributed by atoms with E-state index in [9.17, 15) is 4.21 Å². The monoisotopic (exact) mass is 351 g/mol. The standard InChI is InChI=1S/C18H29N3O2S/c1-19-18(21(2)11-12-23-14-16-8-9-16)20-10-13-24(22)15-17-6-4-3-5-7-17/h3-7,16H,8-15H2,1-2H3,(H,19,20). The minimum absolute atomic E-state index is 0.603. The predicted molar refractivity (Wildman–Crippen MR) is 101 cm³/mol. The van der Waals surface area contributed by atoms with Gasteiger partial charge in [-0.1, -0.05) is 30.3 Å². The zero-order chi connectivity index (χ0) is 17.2. The number of nitrogens with zero attached hydrogens (tertiary/aromatic N) is 2. The van der Waals surface area contributed by atoms with Crippen LogP contribution in [0.4, 0.5) is 0 Å². The molecule has 1 unspecified atom stereocenters. The van der Waals surface area contributed by atoms with Crippen LogP contribution in [-0.2, 0) is 21.3 Å². The van der Waals surface area contributed by atoms with Crippen LogP contribution in [0.5, 0.6) is 0 Å². The van der Waals surface area contributed by atoms with Gasteiger partial charge in [0, 0.05) is 56.1 Å². The Morgan fingerprint density at radius 1 is 1.38 bits per heavy atom. The Morgan fingerprint density at radius 3 is 2.79 bits per heavy atom. The Balaban J connectivity index is 1.60. The van der Waals surface area contributed by atoms with Crippen molar-refractivity contribution in [2.45, 2.75) is 18.6 Å². The van der Waals surface area contributed by atoms with Crippen LogP contribution < -0.4 is 5.32 Å². The van der Waals surface area contributed by atoms with E-state index in [1.807, 2.05) is 42.3 Å². The minimum Gasteiger partial charge on any atom is -0.379 e. The smallest absolute Gasteiger partial charge is 0.193 e. The number of nitrogens with one attached hydrogen (secondary N) is 1. The predicted octanol–water partition coefficient (Wildman–Crippen LogP) is 1.87. The molecule has 1 aromatic rings. The van der Waals surface area contributed by atoms with Crippen molar-refractivity contribution in [1.29, 1.82) is 0 Å². The molecule has 1 aliphatic carbocycles. The van der Waals surface area contributed by atoms with Gasteiger partial charge in [-0.2, -0.15) is 0 Å². The highest BCUT2D eigenvalue weighted by Crippen LogP contribution is 2.28. The first-order valence-electron chi connectivity index (χ1n) is 8.57. The first-order valence-corrected chi connectivity index (χ1v) is 10.1. The van der Waals surface area contributed by atoms with Gasteiger partial charge in [-0.05, 0) is 24.3 Å². The van der Waals surface area contributed by atoms with Gasteiger partial charge in [-0.15, -0.1) is 0 Å². The topological polar surface area (TPSA) is 53.9 Å². The molecule has 0 aliphatic heterocycles. The summed E-state index contributed by atoms with van der Waals surface area (Å²) in [5.41, 5.74) is 1.12. The van der Waals surface area contributed by atoms with Gasteiger partial charge in [0.1, 0.15) is 0 Å². The summed E-state index contributed by atoms with van der Waals surface area (Å²) in [5.74, 6) is 2.83. The molecule has 0 saturated heterocycles. The third-order valence-electron chi connectivity index (χ3n) is 3.98. The summed E-state index contributed by atoms with van der Waals surface area (Å²) in [5, 5.41) is 3.28. The van der Waals surface area contributed by atoms with Crippen LogP contribution in [0.3, 0.4) is 0 Å². The van der Waals surface area contributed by atoms with Gasteiger partial charge in [-0.3, -0.25) is 9.20 Å². The molecule has 0 amide bonds. The largest absolute Gasteiger partial charge is 0.379 e. The fraction of sp³-hybridized carbons (Fsp3) is 0.611. The molecular formula is C18H29N3O2S. The van der Waals surface area contributed by atoms with Gasteiger partial charge >= 0.3 is 0 Å². The molecule has 1 aromatic carbocycles. The Kier molecular flexibility index (Phi) is 8.25. The summed E-state index contributed by atoms with van der Waals surface area (Å²) in [7, 11) is 2.90. The molecule has 1 aliphatic rings. The van der Waals surface area contributed by atoms with E-state index in [0.717, 1.165) is 30.6 Å². The number of aliphatic imine (C=N–C) groups is 1. The van der Waals surface area contributed by atoms with Crippen LogP contribution in [-0.4, -0.2) is 61.2 Å². The fourth-order valence-electron chi connectivity index (χ4n) is 2.34. The van der Waals surface area contributed by atoms with E-state index in [-0.39, 0.29) is 0 Å². The van der Waals surface area contributed by atoms with Gasteiger partial charge in [-0.25, -0.2) is 0 Å². The Bertz CT molecular complexity index is 532. The second-order valence-electron chi connectivity index (χ2n) is 6.19. The van der Waals surface area contributed by atoms with E-state index in [4.69, 9.17) is 4.74 Å². The molecule has 1 N–H and O–H groups in total. The van der Waals surface area contributed by atoms with Gasteiger partial charge in [0.05, 0.1) is 6.61 Å². The number of likely N-dealkylation sites (N-methyl/N-ethyl adjacent to an activating group) is 1. The molecule has 0 radical (unpaired) electrons. The fourth-order valence-corrected chi connectivity index (χ4v) is 3.37. The summed E-state index contributed by atoms with van der Waals surface area (Å²) in [6, 6.07) is 9.96. The molecule has 134 valence electrons. The van der Waals surface area contributed by atoms with Gasteiger partial charge in [0.15, 0.2) is 5.96 Å². The van der Waals surface area contributed by atoms with Gasteiger partial charge in [0.2, 0.25) is 0 Å². The van der Waals surface area contributed by atoms with E-state index < -0.39 is 10.8 Å². The SMILES string of the molecule is CN=C(NCCS(=O)Cc1ccccc1)N(C)CCOCC1CC1. The van der Waals surface area contributed by atoms with Crippen LogP contribution >= 0.6 is 0 Å². The molecule has 1 atom stereocenters. The molecule has 0 bridgehead atoms. The first kappa shape index (κ1) is 18.9. The van der Waals surface area contributed by atoms with E-state index in [0.29, 0.717) is 24.7 Å². The van der Waals surface area contributed by atoms with Crippen molar-refractivity contribution >= 4 is 16.8 Å². The van der Waals surface area contributed by atoms with E-state index >= 15 is 0 Å². The Hall–Kier alpha value is -1.40. The minimum atomic E-state index is -0.868. The molecule has 0 heterocycles.